The first kappa shape index (κ1) is 11.6. The van der Waals surface area contributed by atoms with E-state index in [0.717, 1.165) is 10.4 Å². The van der Waals surface area contributed by atoms with Gasteiger partial charge in [0.2, 0.25) is 5.91 Å². The number of aliphatic hydroxyl groups excluding tert-OH is 1. The summed E-state index contributed by atoms with van der Waals surface area (Å²) in [6.07, 6.45) is 0.0547. The summed E-state index contributed by atoms with van der Waals surface area (Å²) in [4.78, 5) is 14.8. The Balaban J connectivity index is 2.09. The van der Waals surface area contributed by atoms with Gasteiger partial charge in [-0.05, 0) is 22.9 Å². The number of carbonyl (C=O) groups is 1. The summed E-state index contributed by atoms with van der Waals surface area (Å²) in [5, 5.41) is 11.9. The van der Waals surface area contributed by atoms with Crippen LogP contribution in [0, 0.1) is 5.92 Å². The van der Waals surface area contributed by atoms with Crippen molar-refractivity contribution in [2.45, 2.75) is 32.9 Å². The van der Waals surface area contributed by atoms with Crippen LogP contribution in [0.5, 0.6) is 0 Å². The first-order chi connectivity index (χ1) is 7.58. The minimum absolute atomic E-state index is 0.146. The lowest BCUT2D eigenvalue weighted by molar-refractivity contribution is -0.134. The molecule has 2 heterocycles. The first-order valence-electron chi connectivity index (χ1n) is 5.60. The van der Waals surface area contributed by atoms with Crippen LogP contribution in [0.4, 0.5) is 0 Å². The minimum atomic E-state index is -0.508. The molecule has 0 saturated heterocycles. The van der Waals surface area contributed by atoms with Crippen molar-refractivity contribution in [3.05, 3.63) is 21.9 Å². The quantitative estimate of drug-likeness (QED) is 0.859. The molecule has 16 heavy (non-hydrogen) atoms. The Morgan fingerprint density at radius 3 is 3.12 bits per heavy atom. The molecule has 0 fully saturated rings. The Morgan fingerprint density at radius 2 is 2.44 bits per heavy atom. The molecule has 2 rings (SSSR count). The summed E-state index contributed by atoms with van der Waals surface area (Å²) >= 11 is 1.62. The lowest BCUT2D eigenvalue weighted by Gasteiger charge is -2.30. The SMILES string of the molecule is CC(C)CC(=O)N1Cc2sccc2C(O)C1. The van der Waals surface area contributed by atoms with E-state index in [2.05, 4.69) is 0 Å². The van der Waals surface area contributed by atoms with E-state index in [1.165, 1.54) is 0 Å². The van der Waals surface area contributed by atoms with Gasteiger partial charge in [0, 0.05) is 11.3 Å². The van der Waals surface area contributed by atoms with E-state index >= 15 is 0 Å². The predicted octanol–water partition coefficient (Wildman–Crippen LogP) is 2.17. The number of aliphatic hydroxyl groups is 1. The second-order valence-corrected chi connectivity index (χ2v) is 5.69. The van der Waals surface area contributed by atoms with Crippen molar-refractivity contribution in [3.63, 3.8) is 0 Å². The number of carbonyl (C=O) groups excluding carboxylic acids is 1. The van der Waals surface area contributed by atoms with Gasteiger partial charge in [0.05, 0.1) is 19.2 Å². The average Bonchev–Trinajstić information content (AvgIpc) is 2.64. The number of β-amino-alcohol motifs (C(OH)–C–C–N with tert-alkyl or cyclic N) is 1. The molecular formula is C12H17NO2S. The van der Waals surface area contributed by atoms with Crippen molar-refractivity contribution in [1.29, 1.82) is 0 Å². The summed E-state index contributed by atoms with van der Waals surface area (Å²) in [5.41, 5.74) is 0.999. The van der Waals surface area contributed by atoms with Gasteiger partial charge in [-0.3, -0.25) is 4.79 Å². The Hall–Kier alpha value is -0.870. The van der Waals surface area contributed by atoms with E-state index in [1.54, 1.807) is 16.2 Å². The molecule has 1 aliphatic rings. The summed E-state index contributed by atoms with van der Waals surface area (Å²) < 4.78 is 0. The molecule has 0 aliphatic carbocycles. The van der Waals surface area contributed by atoms with Gasteiger partial charge in [-0.15, -0.1) is 11.3 Å². The molecule has 1 amide bonds. The molecule has 1 aromatic rings. The second kappa shape index (κ2) is 4.55. The molecule has 0 aromatic carbocycles. The Morgan fingerprint density at radius 1 is 1.69 bits per heavy atom. The summed E-state index contributed by atoms with van der Waals surface area (Å²) in [7, 11) is 0. The van der Waals surface area contributed by atoms with Gasteiger partial charge >= 0.3 is 0 Å². The highest BCUT2D eigenvalue weighted by Gasteiger charge is 2.27. The monoisotopic (exact) mass is 239 g/mol. The van der Waals surface area contributed by atoms with Crippen molar-refractivity contribution < 1.29 is 9.90 Å². The van der Waals surface area contributed by atoms with E-state index in [0.29, 0.717) is 25.4 Å². The van der Waals surface area contributed by atoms with E-state index in [-0.39, 0.29) is 5.91 Å². The Labute approximate surface area is 99.7 Å². The fraction of sp³-hybridized carbons (Fsp3) is 0.583. The molecule has 0 spiro atoms. The summed E-state index contributed by atoms with van der Waals surface area (Å²) in [6.45, 7) is 5.18. The maximum absolute atomic E-state index is 11.9. The van der Waals surface area contributed by atoms with Gasteiger partial charge in [0.25, 0.3) is 0 Å². The molecule has 1 N–H and O–H groups in total. The van der Waals surface area contributed by atoms with E-state index in [4.69, 9.17) is 0 Å². The Bertz CT molecular complexity index is 386. The number of amides is 1. The van der Waals surface area contributed by atoms with Crippen LogP contribution < -0.4 is 0 Å². The number of nitrogens with zero attached hydrogens (tertiary/aromatic N) is 1. The lowest BCUT2D eigenvalue weighted by atomic mass is 10.0. The molecule has 1 aliphatic heterocycles. The number of hydrogen-bond donors (Lipinski definition) is 1. The first-order valence-corrected chi connectivity index (χ1v) is 6.48. The van der Waals surface area contributed by atoms with E-state index < -0.39 is 6.10 Å². The fourth-order valence-electron chi connectivity index (χ4n) is 1.99. The van der Waals surface area contributed by atoms with Crippen molar-refractivity contribution in [2.24, 2.45) is 5.92 Å². The van der Waals surface area contributed by atoms with Crippen LogP contribution in [0.2, 0.25) is 0 Å². The topological polar surface area (TPSA) is 40.5 Å². The highest BCUT2D eigenvalue weighted by molar-refractivity contribution is 7.10. The molecular weight excluding hydrogens is 222 g/mol. The molecule has 1 unspecified atom stereocenters. The third-order valence-electron chi connectivity index (χ3n) is 2.80. The van der Waals surface area contributed by atoms with Crippen LogP contribution in [0.3, 0.4) is 0 Å². The average molecular weight is 239 g/mol. The normalized spacial score (nSPS) is 20.0. The van der Waals surface area contributed by atoms with Gasteiger partial charge < -0.3 is 10.0 Å². The van der Waals surface area contributed by atoms with Crippen LogP contribution in [0.25, 0.3) is 0 Å². The van der Waals surface area contributed by atoms with Crippen molar-refractivity contribution in [3.8, 4) is 0 Å². The zero-order valence-corrected chi connectivity index (χ0v) is 10.5. The predicted molar refractivity (Wildman–Crippen MR) is 64.2 cm³/mol. The third kappa shape index (κ3) is 2.28. The number of hydrogen-bond acceptors (Lipinski definition) is 3. The van der Waals surface area contributed by atoms with Gasteiger partial charge in [0.1, 0.15) is 0 Å². The largest absolute Gasteiger partial charge is 0.387 e. The number of rotatable bonds is 2. The molecule has 1 aromatic heterocycles. The minimum Gasteiger partial charge on any atom is -0.387 e. The maximum Gasteiger partial charge on any atom is 0.223 e. The second-order valence-electron chi connectivity index (χ2n) is 4.69. The zero-order chi connectivity index (χ0) is 11.7. The molecule has 3 nitrogen and oxygen atoms in total. The van der Waals surface area contributed by atoms with Crippen LogP contribution in [0.15, 0.2) is 11.4 Å². The summed E-state index contributed by atoms with van der Waals surface area (Å²) in [6, 6.07) is 1.95. The van der Waals surface area contributed by atoms with Crippen molar-refractivity contribution in [1.82, 2.24) is 4.90 Å². The third-order valence-corrected chi connectivity index (χ3v) is 3.72. The van der Waals surface area contributed by atoms with Gasteiger partial charge in [-0.25, -0.2) is 0 Å². The Kier molecular flexibility index (Phi) is 3.30. The molecule has 0 radical (unpaired) electrons. The lowest BCUT2D eigenvalue weighted by Crippen LogP contribution is -2.38. The maximum atomic E-state index is 11.9. The standard InChI is InChI=1S/C12H17NO2S/c1-8(2)5-12(15)13-6-10(14)9-3-4-16-11(9)7-13/h3-4,8,10,14H,5-7H2,1-2H3. The smallest absolute Gasteiger partial charge is 0.223 e. The van der Waals surface area contributed by atoms with Crippen LogP contribution in [-0.4, -0.2) is 22.5 Å². The van der Waals surface area contributed by atoms with Crippen LogP contribution >= 0.6 is 11.3 Å². The highest BCUT2D eigenvalue weighted by atomic mass is 32.1. The van der Waals surface area contributed by atoms with Gasteiger partial charge in [0.15, 0.2) is 0 Å². The zero-order valence-electron chi connectivity index (χ0n) is 9.64. The molecule has 88 valence electrons. The van der Waals surface area contributed by atoms with Crippen molar-refractivity contribution in [2.75, 3.05) is 6.54 Å². The molecule has 0 saturated carbocycles. The van der Waals surface area contributed by atoms with Crippen LogP contribution in [0.1, 0.15) is 36.8 Å². The summed E-state index contributed by atoms with van der Waals surface area (Å²) in [5.74, 6) is 0.516. The van der Waals surface area contributed by atoms with Gasteiger partial charge in [-0.2, -0.15) is 0 Å². The van der Waals surface area contributed by atoms with E-state index in [1.807, 2.05) is 25.3 Å². The van der Waals surface area contributed by atoms with Gasteiger partial charge in [-0.1, -0.05) is 13.8 Å². The van der Waals surface area contributed by atoms with E-state index in [9.17, 15) is 9.90 Å². The number of fused-ring (bicyclic) bond motifs is 1. The number of thiophene rings is 1. The van der Waals surface area contributed by atoms with Crippen molar-refractivity contribution >= 4 is 17.2 Å². The van der Waals surface area contributed by atoms with Crippen LogP contribution in [-0.2, 0) is 11.3 Å². The molecule has 1 atom stereocenters. The fourth-order valence-corrected chi connectivity index (χ4v) is 2.94. The molecule has 0 bridgehead atoms. The molecule has 4 heteroatoms. The highest BCUT2D eigenvalue weighted by Crippen LogP contribution is 2.30.